The zero-order valence-electron chi connectivity index (χ0n) is 14.4. The number of para-hydroxylation sites is 1. The normalized spacial score (nSPS) is 11.3. The number of thiocarbonyl (C=S) groups is 1. The largest absolute Gasteiger partial charge is 0.479 e. The lowest BCUT2D eigenvalue weighted by molar-refractivity contribution is -0.125. The molecule has 0 saturated heterocycles. The second kappa shape index (κ2) is 9.55. The third-order valence-electron chi connectivity index (χ3n) is 3.38. The van der Waals surface area contributed by atoms with Crippen LogP contribution in [0, 0.1) is 0 Å². The monoisotopic (exact) mass is 426 g/mol. The number of carbonyl (C=O) groups excluding carboxylic acids is 2. The maximum Gasteiger partial charge on any atom is 0.339 e. The zero-order chi connectivity index (χ0) is 20.0. The summed E-state index contributed by atoms with van der Waals surface area (Å²) >= 11 is 17.0. The molecule has 1 atom stereocenters. The van der Waals surface area contributed by atoms with E-state index >= 15 is 0 Å². The lowest BCUT2D eigenvalue weighted by atomic mass is 10.2. The van der Waals surface area contributed by atoms with Crippen molar-refractivity contribution in [1.82, 2.24) is 5.32 Å². The third kappa shape index (κ3) is 5.82. The Balaban J connectivity index is 1.99. The standard InChI is InChI=1S/C18H16Cl2N2O4S/c1-10(26-15-8-7-11(19)9-13(15)20)16(23)22-18(27)21-14-6-4-3-5-12(14)17(24)25-2/h3-10H,1-2H3,(H2,21,22,23,27). The highest BCUT2D eigenvalue weighted by molar-refractivity contribution is 7.80. The van der Waals surface area contributed by atoms with Gasteiger partial charge in [0.15, 0.2) is 11.2 Å². The predicted molar refractivity (Wildman–Crippen MR) is 109 cm³/mol. The van der Waals surface area contributed by atoms with Crippen LogP contribution in [-0.2, 0) is 9.53 Å². The first-order valence-corrected chi connectivity index (χ1v) is 8.89. The molecule has 0 bridgehead atoms. The Bertz CT molecular complexity index is 876. The van der Waals surface area contributed by atoms with E-state index in [1.807, 2.05) is 0 Å². The van der Waals surface area contributed by atoms with Crippen molar-refractivity contribution in [3.05, 3.63) is 58.1 Å². The highest BCUT2D eigenvalue weighted by atomic mass is 35.5. The molecule has 9 heteroatoms. The summed E-state index contributed by atoms with van der Waals surface area (Å²) in [6.45, 7) is 1.55. The predicted octanol–water partition coefficient (Wildman–Crippen LogP) is 4.06. The highest BCUT2D eigenvalue weighted by Crippen LogP contribution is 2.28. The van der Waals surface area contributed by atoms with Crippen LogP contribution in [-0.4, -0.2) is 30.2 Å². The number of methoxy groups -OCH3 is 1. The topological polar surface area (TPSA) is 76.7 Å². The Morgan fingerprint density at radius 3 is 2.52 bits per heavy atom. The molecule has 0 radical (unpaired) electrons. The van der Waals surface area contributed by atoms with Crippen LogP contribution in [0.2, 0.25) is 10.0 Å². The summed E-state index contributed by atoms with van der Waals surface area (Å²) in [7, 11) is 1.28. The number of amides is 1. The molecule has 1 unspecified atom stereocenters. The fourth-order valence-corrected chi connectivity index (χ4v) is 2.73. The van der Waals surface area contributed by atoms with E-state index in [9.17, 15) is 9.59 Å². The fraction of sp³-hybridized carbons (Fsp3) is 0.167. The summed E-state index contributed by atoms with van der Waals surface area (Å²) in [6, 6.07) is 11.3. The summed E-state index contributed by atoms with van der Waals surface area (Å²) in [5, 5.41) is 6.05. The minimum absolute atomic E-state index is 0.00834. The number of hydrogen-bond donors (Lipinski definition) is 2. The molecule has 2 aromatic carbocycles. The van der Waals surface area contributed by atoms with Crippen molar-refractivity contribution in [2.24, 2.45) is 0 Å². The summed E-state index contributed by atoms with van der Waals surface area (Å²) in [4.78, 5) is 24.0. The Labute approximate surface area is 171 Å². The van der Waals surface area contributed by atoms with Gasteiger partial charge in [0.05, 0.1) is 23.4 Å². The van der Waals surface area contributed by atoms with Gasteiger partial charge in [0.1, 0.15) is 5.75 Å². The van der Waals surface area contributed by atoms with E-state index in [1.165, 1.54) is 13.2 Å². The van der Waals surface area contributed by atoms with Crippen LogP contribution in [0.1, 0.15) is 17.3 Å². The first-order valence-electron chi connectivity index (χ1n) is 7.72. The fourth-order valence-electron chi connectivity index (χ4n) is 2.06. The summed E-state index contributed by atoms with van der Waals surface area (Å²) in [5.74, 6) is -0.700. The van der Waals surface area contributed by atoms with E-state index in [2.05, 4.69) is 10.6 Å². The minimum atomic E-state index is -0.876. The molecule has 0 saturated carbocycles. The number of hydrogen-bond acceptors (Lipinski definition) is 5. The van der Waals surface area contributed by atoms with Crippen molar-refractivity contribution in [1.29, 1.82) is 0 Å². The zero-order valence-corrected chi connectivity index (χ0v) is 16.7. The van der Waals surface area contributed by atoms with Crippen molar-refractivity contribution >= 4 is 58.1 Å². The Morgan fingerprint density at radius 1 is 1.15 bits per heavy atom. The summed E-state index contributed by atoms with van der Waals surface area (Å²) < 4.78 is 10.2. The quantitative estimate of drug-likeness (QED) is 0.554. The molecule has 0 fully saturated rings. The van der Waals surface area contributed by atoms with Crippen LogP contribution in [0.15, 0.2) is 42.5 Å². The average molecular weight is 427 g/mol. The van der Waals surface area contributed by atoms with Crippen LogP contribution in [0.3, 0.4) is 0 Å². The van der Waals surface area contributed by atoms with Crippen molar-refractivity contribution < 1.29 is 19.1 Å². The van der Waals surface area contributed by atoms with Gasteiger partial charge in [0.25, 0.3) is 5.91 Å². The number of nitrogens with one attached hydrogen (secondary N) is 2. The molecule has 0 aromatic heterocycles. The summed E-state index contributed by atoms with van der Waals surface area (Å²) in [6.07, 6.45) is -0.876. The van der Waals surface area contributed by atoms with Crippen LogP contribution < -0.4 is 15.4 Å². The number of carbonyl (C=O) groups is 2. The van der Waals surface area contributed by atoms with E-state index in [-0.39, 0.29) is 15.7 Å². The molecule has 2 N–H and O–H groups in total. The molecule has 0 aliphatic heterocycles. The van der Waals surface area contributed by atoms with E-state index in [0.29, 0.717) is 16.5 Å². The smallest absolute Gasteiger partial charge is 0.339 e. The first kappa shape index (κ1) is 21.0. The van der Waals surface area contributed by atoms with E-state index in [4.69, 9.17) is 44.9 Å². The number of anilines is 1. The minimum Gasteiger partial charge on any atom is -0.479 e. The Kier molecular flexibility index (Phi) is 7.41. The third-order valence-corrected chi connectivity index (χ3v) is 4.12. The van der Waals surface area contributed by atoms with E-state index < -0.39 is 18.0 Å². The summed E-state index contributed by atoms with van der Waals surface area (Å²) in [5.41, 5.74) is 0.692. The number of rotatable bonds is 5. The van der Waals surface area contributed by atoms with Crippen LogP contribution in [0.4, 0.5) is 5.69 Å². The SMILES string of the molecule is COC(=O)c1ccccc1NC(=S)NC(=O)C(C)Oc1ccc(Cl)cc1Cl. The first-order chi connectivity index (χ1) is 12.8. The van der Waals surface area contributed by atoms with Crippen molar-refractivity contribution in [3.63, 3.8) is 0 Å². The maximum absolute atomic E-state index is 12.3. The van der Waals surface area contributed by atoms with Crippen molar-refractivity contribution in [3.8, 4) is 5.75 Å². The molecule has 27 heavy (non-hydrogen) atoms. The second-order valence-electron chi connectivity index (χ2n) is 5.32. The molecule has 0 aliphatic rings. The number of benzene rings is 2. The molecule has 2 rings (SSSR count). The Morgan fingerprint density at radius 2 is 1.85 bits per heavy atom. The van der Waals surface area contributed by atoms with Gasteiger partial charge in [-0.1, -0.05) is 35.3 Å². The molecule has 0 aliphatic carbocycles. The highest BCUT2D eigenvalue weighted by Gasteiger charge is 2.18. The maximum atomic E-state index is 12.3. The van der Waals surface area contributed by atoms with Crippen LogP contribution >= 0.6 is 35.4 Å². The van der Waals surface area contributed by atoms with Gasteiger partial charge in [-0.25, -0.2) is 4.79 Å². The molecule has 6 nitrogen and oxygen atoms in total. The molecule has 1 amide bonds. The lowest BCUT2D eigenvalue weighted by Gasteiger charge is -2.17. The van der Waals surface area contributed by atoms with Crippen LogP contribution in [0.5, 0.6) is 5.75 Å². The molecule has 0 spiro atoms. The van der Waals surface area contributed by atoms with Gasteiger partial charge in [-0.2, -0.15) is 0 Å². The van der Waals surface area contributed by atoms with Gasteiger partial charge < -0.3 is 14.8 Å². The van der Waals surface area contributed by atoms with E-state index in [1.54, 1.807) is 43.3 Å². The number of ether oxygens (including phenoxy) is 2. The Hall–Kier alpha value is -2.35. The lowest BCUT2D eigenvalue weighted by Crippen LogP contribution is -2.42. The molecule has 0 heterocycles. The van der Waals surface area contributed by atoms with Gasteiger partial charge in [-0.05, 0) is 49.5 Å². The van der Waals surface area contributed by atoms with Crippen molar-refractivity contribution in [2.75, 3.05) is 12.4 Å². The van der Waals surface area contributed by atoms with Gasteiger partial charge in [0.2, 0.25) is 0 Å². The van der Waals surface area contributed by atoms with Gasteiger partial charge in [0, 0.05) is 5.02 Å². The number of halogens is 2. The molecular weight excluding hydrogens is 411 g/mol. The number of esters is 1. The van der Waals surface area contributed by atoms with Crippen molar-refractivity contribution in [2.45, 2.75) is 13.0 Å². The van der Waals surface area contributed by atoms with Gasteiger partial charge >= 0.3 is 5.97 Å². The van der Waals surface area contributed by atoms with E-state index in [0.717, 1.165) is 0 Å². The second-order valence-corrected chi connectivity index (χ2v) is 6.57. The average Bonchev–Trinajstić information content (AvgIpc) is 2.63. The molecular formula is C18H16Cl2N2O4S. The molecule has 2 aromatic rings. The van der Waals surface area contributed by atoms with Gasteiger partial charge in [-0.15, -0.1) is 0 Å². The molecule has 142 valence electrons. The van der Waals surface area contributed by atoms with Gasteiger partial charge in [-0.3, -0.25) is 10.1 Å². The van der Waals surface area contributed by atoms with Crippen LogP contribution in [0.25, 0.3) is 0 Å².